The predicted octanol–water partition coefficient (Wildman–Crippen LogP) is 4.93. The minimum Gasteiger partial charge on any atom is -0.497 e. The largest absolute Gasteiger partial charge is 0.497 e. The molecule has 1 aromatic heterocycles. The van der Waals surface area contributed by atoms with E-state index in [1.54, 1.807) is 66.7 Å². The van der Waals surface area contributed by atoms with Gasteiger partial charge in [-0.3, -0.25) is 9.59 Å². The molecule has 1 heterocycles. The molecule has 1 N–H and O–H groups in total. The molecule has 0 atom stereocenters. The van der Waals surface area contributed by atoms with Gasteiger partial charge >= 0.3 is 0 Å². The number of furan rings is 1. The molecular formula is C24H19NO5. The molecule has 0 aliphatic rings. The molecule has 0 unspecified atom stereocenters. The highest BCUT2D eigenvalue weighted by molar-refractivity contribution is 6.19. The Kier molecular flexibility index (Phi) is 5.22. The third kappa shape index (κ3) is 3.63. The molecule has 30 heavy (non-hydrogen) atoms. The lowest BCUT2D eigenvalue weighted by molar-refractivity contribution is 0.101. The molecule has 0 saturated carbocycles. The van der Waals surface area contributed by atoms with Crippen molar-refractivity contribution in [3.8, 4) is 11.5 Å². The molecule has 150 valence electrons. The predicted molar refractivity (Wildman–Crippen MR) is 114 cm³/mol. The number of anilines is 1. The van der Waals surface area contributed by atoms with Gasteiger partial charge in [0.1, 0.15) is 17.1 Å². The lowest BCUT2D eigenvalue weighted by Crippen LogP contribution is -2.14. The Balaban J connectivity index is 1.76. The monoisotopic (exact) mass is 401 g/mol. The Hall–Kier alpha value is -4.06. The molecule has 0 radical (unpaired) electrons. The van der Waals surface area contributed by atoms with E-state index in [9.17, 15) is 9.59 Å². The summed E-state index contributed by atoms with van der Waals surface area (Å²) >= 11 is 0. The zero-order valence-electron chi connectivity index (χ0n) is 16.5. The standard InChI is InChI=1S/C24H19NO5/c1-28-17-9-5-7-15(13-17)22(26)23-21(19-11-3-4-12-20(19)30-23)25-24(27)16-8-6-10-18(14-16)29-2/h3-14H,1-2H3,(H,25,27). The van der Waals surface area contributed by atoms with Crippen LogP contribution in [0.15, 0.2) is 77.2 Å². The third-order valence-electron chi connectivity index (χ3n) is 4.70. The molecule has 3 aromatic carbocycles. The highest BCUT2D eigenvalue weighted by Crippen LogP contribution is 2.33. The molecule has 6 heteroatoms. The number of nitrogens with one attached hydrogen (secondary N) is 1. The van der Waals surface area contributed by atoms with Crippen LogP contribution >= 0.6 is 0 Å². The second kappa shape index (κ2) is 8.13. The minimum absolute atomic E-state index is 0.0562. The normalized spacial score (nSPS) is 10.6. The number of methoxy groups -OCH3 is 2. The SMILES string of the molecule is COc1cccc(C(=O)Nc2c(C(=O)c3cccc(OC)c3)oc3ccccc23)c1. The molecule has 0 aliphatic carbocycles. The van der Waals surface area contributed by atoms with E-state index in [1.807, 2.05) is 6.07 Å². The van der Waals surface area contributed by atoms with Crippen molar-refractivity contribution in [3.63, 3.8) is 0 Å². The van der Waals surface area contributed by atoms with Crippen molar-refractivity contribution < 1.29 is 23.5 Å². The zero-order valence-corrected chi connectivity index (χ0v) is 16.5. The number of carbonyl (C=O) groups is 2. The Morgan fingerprint density at radius 1 is 0.800 bits per heavy atom. The summed E-state index contributed by atoms with van der Waals surface area (Å²) < 4.78 is 16.2. The number of para-hydroxylation sites is 1. The van der Waals surface area contributed by atoms with Crippen LogP contribution in [0.5, 0.6) is 11.5 Å². The van der Waals surface area contributed by atoms with Crippen molar-refractivity contribution >= 4 is 28.3 Å². The van der Waals surface area contributed by atoms with Gasteiger partial charge in [-0.1, -0.05) is 30.3 Å². The maximum absolute atomic E-state index is 13.2. The van der Waals surface area contributed by atoms with Crippen LogP contribution in [0.1, 0.15) is 26.5 Å². The average Bonchev–Trinajstić information content (AvgIpc) is 3.17. The first kappa shape index (κ1) is 19.3. The van der Waals surface area contributed by atoms with Crippen LogP contribution in [-0.2, 0) is 0 Å². The molecule has 1 amide bonds. The molecule has 4 aromatic rings. The Labute approximate surface area is 173 Å². The lowest BCUT2D eigenvalue weighted by atomic mass is 10.1. The van der Waals surface area contributed by atoms with Crippen molar-refractivity contribution in [1.29, 1.82) is 0 Å². The van der Waals surface area contributed by atoms with Crippen molar-refractivity contribution in [2.75, 3.05) is 19.5 Å². The van der Waals surface area contributed by atoms with Crippen LogP contribution < -0.4 is 14.8 Å². The minimum atomic E-state index is -0.375. The maximum Gasteiger partial charge on any atom is 0.255 e. The number of amides is 1. The average molecular weight is 401 g/mol. The summed E-state index contributed by atoms with van der Waals surface area (Å²) in [4.78, 5) is 26.1. The Bertz CT molecular complexity index is 1240. The van der Waals surface area contributed by atoms with Gasteiger partial charge in [-0.05, 0) is 42.5 Å². The van der Waals surface area contributed by atoms with E-state index >= 15 is 0 Å². The van der Waals surface area contributed by atoms with Gasteiger partial charge in [0, 0.05) is 16.5 Å². The molecule has 0 bridgehead atoms. The van der Waals surface area contributed by atoms with Crippen LogP contribution in [0.4, 0.5) is 5.69 Å². The van der Waals surface area contributed by atoms with E-state index in [2.05, 4.69) is 5.32 Å². The fourth-order valence-corrected chi connectivity index (χ4v) is 3.17. The van der Waals surface area contributed by atoms with Gasteiger partial charge in [-0.25, -0.2) is 0 Å². The number of benzene rings is 3. The number of ketones is 1. The van der Waals surface area contributed by atoms with Crippen LogP contribution in [-0.4, -0.2) is 25.9 Å². The fourth-order valence-electron chi connectivity index (χ4n) is 3.17. The lowest BCUT2D eigenvalue weighted by Gasteiger charge is -2.08. The third-order valence-corrected chi connectivity index (χ3v) is 4.70. The van der Waals surface area contributed by atoms with Crippen LogP contribution in [0.2, 0.25) is 0 Å². The molecular weight excluding hydrogens is 382 g/mol. The smallest absolute Gasteiger partial charge is 0.255 e. The summed E-state index contributed by atoms with van der Waals surface area (Å²) in [6, 6.07) is 20.7. The first-order valence-corrected chi connectivity index (χ1v) is 9.26. The van der Waals surface area contributed by atoms with E-state index in [-0.39, 0.29) is 17.5 Å². The van der Waals surface area contributed by atoms with Gasteiger partial charge in [0.25, 0.3) is 5.91 Å². The van der Waals surface area contributed by atoms with E-state index in [1.165, 1.54) is 14.2 Å². The van der Waals surface area contributed by atoms with Crippen molar-refractivity contribution in [2.24, 2.45) is 0 Å². The maximum atomic E-state index is 13.2. The van der Waals surface area contributed by atoms with Crippen molar-refractivity contribution in [3.05, 3.63) is 89.7 Å². The van der Waals surface area contributed by atoms with Crippen molar-refractivity contribution in [1.82, 2.24) is 0 Å². The molecule has 4 rings (SSSR count). The number of hydrogen-bond donors (Lipinski definition) is 1. The van der Waals surface area contributed by atoms with Crippen LogP contribution in [0.25, 0.3) is 11.0 Å². The fraction of sp³-hybridized carbons (Fsp3) is 0.0833. The molecule has 6 nitrogen and oxygen atoms in total. The second-order valence-corrected chi connectivity index (χ2v) is 6.55. The van der Waals surface area contributed by atoms with E-state index in [4.69, 9.17) is 13.9 Å². The molecule has 0 fully saturated rings. The van der Waals surface area contributed by atoms with Crippen molar-refractivity contribution in [2.45, 2.75) is 0 Å². The molecule has 0 spiro atoms. The quantitative estimate of drug-likeness (QED) is 0.463. The topological polar surface area (TPSA) is 77.8 Å². The summed E-state index contributed by atoms with van der Waals surface area (Å²) in [6.45, 7) is 0. The number of hydrogen-bond acceptors (Lipinski definition) is 5. The number of rotatable bonds is 6. The Morgan fingerprint density at radius 3 is 2.13 bits per heavy atom. The van der Waals surface area contributed by atoms with E-state index in [0.29, 0.717) is 39.3 Å². The van der Waals surface area contributed by atoms with Gasteiger partial charge in [0.2, 0.25) is 5.78 Å². The highest BCUT2D eigenvalue weighted by Gasteiger charge is 2.24. The van der Waals surface area contributed by atoms with Crippen LogP contribution in [0.3, 0.4) is 0 Å². The number of ether oxygens (including phenoxy) is 2. The summed E-state index contributed by atoms with van der Waals surface area (Å²) in [5.74, 6) is 0.443. The van der Waals surface area contributed by atoms with Gasteiger partial charge < -0.3 is 19.2 Å². The van der Waals surface area contributed by atoms with Gasteiger partial charge in [-0.15, -0.1) is 0 Å². The first-order chi connectivity index (χ1) is 14.6. The second-order valence-electron chi connectivity index (χ2n) is 6.55. The summed E-state index contributed by atoms with van der Waals surface area (Å²) in [6.07, 6.45) is 0. The highest BCUT2D eigenvalue weighted by atomic mass is 16.5. The zero-order chi connectivity index (χ0) is 21.1. The molecule has 0 saturated heterocycles. The van der Waals surface area contributed by atoms with Gasteiger partial charge in [0.15, 0.2) is 5.76 Å². The van der Waals surface area contributed by atoms with Gasteiger partial charge in [0.05, 0.1) is 19.9 Å². The summed E-state index contributed by atoms with van der Waals surface area (Å²) in [7, 11) is 3.07. The summed E-state index contributed by atoms with van der Waals surface area (Å²) in [5.41, 5.74) is 1.63. The van der Waals surface area contributed by atoms with Gasteiger partial charge in [-0.2, -0.15) is 0 Å². The number of fused-ring (bicyclic) bond motifs is 1. The van der Waals surface area contributed by atoms with E-state index in [0.717, 1.165) is 0 Å². The number of carbonyl (C=O) groups excluding carboxylic acids is 2. The van der Waals surface area contributed by atoms with Crippen LogP contribution in [0, 0.1) is 0 Å². The summed E-state index contributed by atoms with van der Waals surface area (Å²) in [5, 5.41) is 3.48. The van der Waals surface area contributed by atoms with E-state index < -0.39 is 0 Å². The first-order valence-electron chi connectivity index (χ1n) is 9.26. The molecule has 0 aliphatic heterocycles. The Morgan fingerprint density at radius 2 is 1.43 bits per heavy atom.